The average Bonchev–Trinajstić information content (AvgIpc) is 2.77. The number of esters is 1. The van der Waals surface area contributed by atoms with Gasteiger partial charge in [0, 0.05) is 5.02 Å². The van der Waals surface area contributed by atoms with Gasteiger partial charge in [0.2, 0.25) is 0 Å². The number of halogens is 4. The lowest BCUT2D eigenvalue weighted by Crippen LogP contribution is -2.32. The molecule has 3 aromatic rings. The van der Waals surface area contributed by atoms with Gasteiger partial charge < -0.3 is 10.1 Å². The van der Waals surface area contributed by atoms with Gasteiger partial charge in [0.15, 0.2) is 0 Å². The van der Waals surface area contributed by atoms with E-state index in [2.05, 4.69) is 15.8 Å². The summed E-state index contributed by atoms with van der Waals surface area (Å²) < 4.78 is 5.31. The Kier molecular flexibility index (Phi) is 8.30. The van der Waals surface area contributed by atoms with Gasteiger partial charge in [0.25, 0.3) is 0 Å². The highest BCUT2D eigenvalue weighted by molar-refractivity contribution is 6.45. The third-order valence-electron chi connectivity index (χ3n) is 4.01. The third kappa shape index (κ3) is 6.69. The van der Waals surface area contributed by atoms with E-state index in [0.717, 1.165) is 0 Å². The number of benzene rings is 3. The molecule has 0 aliphatic rings. The first-order chi connectivity index (χ1) is 15.7. The summed E-state index contributed by atoms with van der Waals surface area (Å²) in [6, 6.07) is 15.3. The molecule has 3 aromatic carbocycles. The molecular weight excluding hydrogens is 512 g/mol. The molecule has 0 spiro atoms. The first kappa shape index (κ1) is 24.5. The fourth-order valence-corrected chi connectivity index (χ4v) is 3.30. The van der Waals surface area contributed by atoms with Gasteiger partial charge in [-0.25, -0.2) is 10.2 Å². The Morgan fingerprint density at radius 1 is 0.848 bits per heavy atom. The highest BCUT2D eigenvalue weighted by Crippen LogP contribution is 2.29. The van der Waals surface area contributed by atoms with Crippen LogP contribution in [0.5, 0.6) is 5.75 Å². The Labute approximate surface area is 208 Å². The predicted octanol–water partition coefficient (Wildman–Crippen LogP) is 5.61. The topological polar surface area (TPSA) is 96.9 Å². The zero-order chi connectivity index (χ0) is 24.0. The Morgan fingerprint density at radius 3 is 2.36 bits per heavy atom. The number of nitrogens with zero attached hydrogens (tertiary/aromatic N) is 1. The van der Waals surface area contributed by atoms with Gasteiger partial charge in [-0.3, -0.25) is 9.59 Å². The van der Waals surface area contributed by atoms with Crippen LogP contribution in [0.4, 0.5) is 5.69 Å². The van der Waals surface area contributed by atoms with Crippen LogP contribution in [0.25, 0.3) is 0 Å². The molecule has 168 valence electrons. The Bertz CT molecular complexity index is 1260. The fourth-order valence-electron chi connectivity index (χ4n) is 2.47. The van der Waals surface area contributed by atoms with Gasteiger partial charge in [-0.15, -0.1) is 0 Å². The van der Waals surface area contributed by atoms with Crippen molar-refractivity contribution in [3.05, 3.63) is 91.9 Å². The van der Waals surface area contributed by atoms with E-state index < -0.39 is 17.8 Å². The first-order valence-corrected chi connectivity index (χ1v) is 10.6. The van der Waals surface area contributed by atoms with Crippen molar-refractivity contribution in [1.82, 2.24) is 5.43 Å². The Morgan fingerprint density at radius 2 is 1.61 bits per heavy atom. The number of carbonyl (C=O) groups is 3. The molecule has 0 heterocycles. The van der Waals surface area contributed by atoms with Crippen LogP contribution in [0, 0.1) is 0 Å². The molecule has 11 heteroatoms. The second kappa shape index (κ2) is 11.2. The molecule has 3 rings (SSSR count). The van der Waals surface area contributed by atoms with E-state index in [1.165, 1.54) is 36.5 Å². The summed E-state index contributed by atoms with van der Waals surface area (Å²) in [5.74, 6) is -2.47. The third-order valence-corrected chi connectivity index (χ3v) is 5.37. The summed E-state index contributed by atoms with van der Waals surface area (Å²) in [6.07, 6.45) is 1.27. The van der Waals surface area contributed by atoms with Crippen LogP contribution in [-0.4, -0.2) is 24.0 Å². The Balaban J connectivity index is 1.59. The highest BCUT2D eigenvalue weighted by atomic mass is 35.5. The van der Waals surface area contributed by atoms with Crippen LogP contribution in [0.1, 0.15) is 15.9 Å². The van der Waals surface area contributed by atoms with E-state index >= 15 is 0 Å². The molecule has 2 amide bonds. The monoisotopic (exact) mass is 523 g/mol. The van der Waals surface area contributed by atoms with Gasteiger partial charge in [0.05, 0.1) is 32.5 Å². The largest absolute Gasteiger partial charge is 0.423 e. The van der Waals surface area contributed by atoms with E-state index in [1.807, 2.05) is 0 Å². The molecular formula is C22H13Cl4N3O4. The SMILES string of the molecule is O=C(N/N=C\c1cccc(OC(=O)c2ccc(Cl)cc2Cl)c1)C(=O)Nc1cccc(Cl)c1Cl. The maximum absolute atomic E-state index is 12.3. The van der Waals surface area contributed by atoms with E-state index in [4.69, 9.17) is 51.1 Å². The zero-order valence-electron chi connectivity index (χ0n) is 16.4. The minimum Gasteiger partial charge on any atom is -0.423 e. The number of hydrogen-bond acceptors (Lipinski definition) is 5. The molecule has 7 nitrogen and oxygen atoms in total. The summed E-state index contributed by atoms with van der Waals surface area (Å²) in [5.41, 5.74) is 2.91. The number of anilines is 1. The molecule has 0 atom stereocenters. The Hall–Kier alpha value is -3.10. The van der Waals surface area contributed by atoms with Crippen molar-refractivity contribution in [2.75, 3.05) is 5.32 Å². The number of carbonyl (C=O) groups excluding carboxylic acids is 3. The summed E-state index contributed by atoms with van der Waals surface area (Å²) in [4.78, 5) is 36.3. The van der Waals surface area contributed by atoms with Crippen molar-refractivity contribution >= 4 is 76.1 Å². The molecule has 0 fully saturated rings. The van der Waals surface area contributed by atoms with Crippen molar-refractivity contribution < 1.29 is 19.1 Å². The van der Waals surface area contributed by atoms with Gasteiger partial charge in [-0.2, -0.15) is 5.10 Å². The molecule has 2 N–H and O–H groups in total. The molecule has 0 radical (unpaired) electrons. The fraction of sp³-hybridized carbons (Fsp3) is 0. The normalized spacial score (nSPS) is 10.7. The second-order valence-electron chi connectivity index (χ2n) is 6.34. The number of ether oxygens (including phenoxy) is 1. The number of rotatable bonds is 5. The van der Waals surface area contributed by atoms with Gasteiger partial charge >= 0.3 is 17.8 Å². The second-order valence-corrected chi connectivity index (χ2v) is 7.97. The maximum atomic E-state index is 12.3. The van der Waals surface area contributed by atoms with Crippen molar-refractivity contribution in [3.63, 3.8) is 0 Å². The van der Waals surface area contributed by atoms with E-state index in [-0.39, 0.29) is 32.1 Å². The van der Waals surface area contributed by atoms with Crippen LogP contribution in [0.15, 0.2) is 65.8 Å². The lowest BCUT2D eigenvalue weighted by molar-refractivity contribution is -0.136. The minimum atomic E-state index is -1.03. The molecule has 0 saturated heterocycles. The standard InChI is InChI=1S/C22H13Cl4N3O4/c23-13-7-8-15(17(25)10-13)22(32)33-14-4-1-3-12(9-14)11-27-29-21(31)20(30)28-18-6-2-5-16(24)19(18)26/h1-11H,(H,28,30)(H,29,31)/b27-11-. The molecule has 0 saturated carbocycles. The zero-order valence-corrected chi connectivity index (χ0v) is 19.5. The van der Waals surface area contributed by atoms with Crippen molar-refractivity contribution in [2.24, 2.45) is 5.10 Å². The number of hydrazone groups is 1. The molecule has 0 unspecified atom stereocenters. The summed E-state index contributed by atoms with van der Waals surface area (Å²) in [5, 5.41) is 6.94. The summed E-state index contributed by atoms with van der Waals surface area (Å²) in [7, 11) is 0. The lowest BCUT2D eigenvalue weighted by atomic mass is 10.2. The van der Waals surface area contributed by atoms with E-state index in [9.17, 15) is 14.4 Å². The molecule has 0 aliphatic carbocycles. The number of hydrogen-bond donors (Lipinski definition) is 2. The number of amides is 2. The molecule has 0 aromatic heterocycles. The maximum Gasteiger partial charge on any atom is 0.345 e. The number of nitrogens with one attached hydrogen (secondary N) is 2. The van der Waals surface area contributed by atoms with Gasteiger partial charge in [-0.1, -0.05) is 64.6 Å². The molecule has 0 aliphatic heterocycles. The van der Waals surface area contributed by atoms with Crippen LogP contribution >= 0.6 is 46.4 Å². The van der Waals surface area contributed by atoms with Crippen LogP contribution in [0.2, 0.25) is 20.1 Å². The van der Waals surface area contributed by atoms with Crippen molar-refractivity contribution in [1.29, 1.82) is 0 Å². The van der Waals surface area contributed by atoms with Crippen LogP contribution in [-0.2, 0) is 9.59 Å². The average molecular weight is 525 g/mol. The predicted molar refractivity (Wildman–Crippen MR) is 129 cm³/mol. The molecule has 33 heavy (non-hydrogen) atoms. The van der Waals surface area contributed by atoms with Crippen molar-refractivity contribution in [2.45, 2.75) is 0 Å². The summed E-state index contributed by atoms with van der Waals surface area (Å²) in [6.45, 7) is 0. The first-order valence-electron chi connectivity index (χ1n) is 9.10. The smallest absolute Gasteiger partial charge is 0.345 e. The lowest BCUT2D eigenvalue weighted by Gasteiger charge is -2.07. The van der Waals surface area contributed by atoms with Crippen LogP contribution < -0.4 is 15.5 Å². The van der Waals surface area contributed by atoms with Crippen LogP contribution in [0.3, 0.4) is 0 Å². The van der Waals surface area contributed by atoms with E-state index in [0.29, 0.717) is 10.6 Å². The quantitative estimate of drug-likeness (QED) is 0.149. The molecule has 0 bridgehead atoms. The minimum absolute atomic E-state index is 0.107. The van der Waals surface area contributed by atoms with E-state index in [1.54, 1.807) is 30.3 Å². The highest BCUT2D eigenvalue weighted by Gasteiger charge is 2.16. The van der Waals surface area contributed by atoms with Gasteiger partial charge in [0.1, 0.15) is 5.75 Å². The van der Waals surface area contributed by atoms with Crippen molar-refractivity contribution in [3.8, 4) is 5.75 Å². The van der Waals surface area contributed by atoms with Gasteiger partial charge in [-0.05, 0) is 48.0 Å². The summed E-state index contributed by atoms with van der Waals surface area (Å²) >= 11 is 23.7.